The molecule has 8 heteroatoms. The molecule has 1 aliphatic heterocycles. The Labute approximate surface area is 167 Å². The first-order valence-corrected chi connectivity index (χ1v) is 9.55. The number of likely N-dealkylation sites (N-methyl/N-ethyl adjacent to an activating group) is 1. The van der Waals surface area contributed by atoms with E-state index in [-0.39, 0.29) is 36.2 Å². The van der Waals surface area contributed by atoms with E-state index in [2.05, 4.69) is 17.2 Å². The van der Waals surface area contributed by atoms with Crippen LogP contribution in [0.2, 0.25) is 0 Å². The molecule has 1 rings (SSSR count). The highest BCUT2D eigenvalue weighted by atomic mass is 16.2. The molecule has 0 aromatic heterocycles. The van der Waals surface area contributed by atoms with Crippen LogP contribution in [0.25, 0.3) is 0 Å². The second kappa shape index (κ2) is 11.3. The fourth-order valence-electron chi connectivity index (χ4n) is 3.30. The maximum absolute atomic E-state index is 13.0. The molecule has 1 heterocycles. The van der Waals surface area contributed by atoms with Gasteiger partial charge in [-0.25, -0.2) is 0 Å². The normalized spacial score (nSPS) is 17.8. The predicted molar refractivity (Wildman–Crippen MR) is 107 cm³/mol. The molecule has 0 bridgehead atoms. The summed E-state index contributed by atoms with van der Waals surface area (Å²) in [6.45, 7) is 9.99. The zero-order chi connectivity index (χ0) is 21.3. The summed E-state index contributed by atoms with van der Waals surface area (Å²) in [5, 5.41) is 5.11. The molecule has 0 aliphatic carbocycles. The number of carbonyl (C=O) groups is 4. The molecule has 0 saturated carbocycles. The molecular weight excluding hydrogens is 360 g/mol. The number of amides is 4. The van der Waals surface area contributed by atoms with Gasteiger partial charge in [0.25, 0.3) is 0 Å². The van der Waals surface area contributed by atoms with Crippen LogP contribution in [0, 0.1) is 5.92 Å². The Balaban J connectivity index is 2.93. The summed E-state index contributed by atoms with van der Waals surface area (Å²) in [7, 11) is 1.65. The quantitative estimate of drug-likeness (QED) is 0.320. The monoisotopic (exact) mass is 392 g/mol. The SMILES string of the molecule is C=CCNC(=O)[C@@H]1CCCN1C(=O)C(C)=C[C@H](C(C)C)N(C)C(=O)CNC=O. The van der Waals surface area contributed by atoms with E-state index in [0.29, 0.717) is 31.5 Å². The minimum absolute atomic E-state index is 0.0678. The van der Waals surface area contributed by atoms with Crippen molar-refractivity contribution in [3.05, 3.63) is 24.3 Å². The van der Waals surface area contributed by atoms with E-state index in [1.165, 1.54) is 4.90 Å². The first-order chi connectivity index (χ1) is 13.2. The van der Waals surface area contributed by atoms with E-state index in [1.54, 1.807) is 31.0 Å². The van der Waals surface area contributed by atoms with E-state index in [1.807, 2.05) is 13.8 Å². The van der Waals surface area contributed by atoms with Gasteiger partial charge in [0.15, 0.2) is 0 Å². The maximum atomic E-state index is 13.0. The average molecular weight is 393 g/mol. The second-order valence-corrected chi connectivity index (χ2v) is 7.28. The molecule has 1 fully saturated rings. The topological polar surface area (TPSA) is 98.8 Å². The number of likely N-dealkylation sites (tertiary alicyclic amines) is 1. The van der Waals surface area contributed by atoms with Crippen molar-refractivity contribution in [3.8, 4) is 0 Å². The van der Waals surface area contributed by atoms with E-state index < -0.39 is 6.04 Å². The van der Waals surface area contributed by atoms with Gasteiger partial charge in [-0.15, -0.1) is 6.58 Å². The molecule has 2 atom stereocenters. The van der Waals surface area contributed by atoms with E-state index in [0.717, 1.165) is 6.42 Å². The van der Waals surface area contributed by atoms with Crippen LogP contribution < -0.4 is 10.6 Å². The lowest BCUT2D eigenvalue weighted by molar-refractivity contribution is -0.135. The van der Waals surface area contributed by atoms with Gasteiger partial charge in [-0.05, 0) is 25.7 Å². The first kappa shape index (κ1) is 23.4. The van der Waals surface area contributed by atoms with Crippen LogP contribution in [0.15, 0.2) is 24.3 Å². The summed E-state index contributed by atoms with van der Waals surface area (Å²) < 4.78 is 0. The predicted octanol–water partition coefficient (Wildman–Crippen LogP) is 0.455. The lowest BCUT2D eigenvalue weighted by Crippen LogP contribution is -2.47. The molecule has 0 aromatic carbocycles. The van der Waals surface area contributed by atoms with E-state index in [4.69, 9.17) is 0 Å². The van der Waals surface area contributed by atoms with Gasteiger partial charge in [0.2, 0.25) is 24.1 Å². The third kappa shape index (κ3) is 6.21. The summed E-state index contributed by atoms with van der Waals surface area (Å²) in [5.41, 5.74) is 0.491. The second-order valence-electron chi connectivity index (χ2n) is 7.28. The Morgan fingerprint density at radius 2 is 2.00 bits per heavy atom. The first-order valence-electron chi connectivity index (χ1n) is 9.55. The van der Waals surface area contributed by atoms with Gasteiger partial charge in [0.05, 0.1) is 12.6 Å². The van der Waals surface area contributed by atoms with Gasteiger partial charge in [-0.3, -0.25) is 19.2 Å². The smallest absolute Gasteiger partial charge is 0.249 e. The molecule has 2 N–H and O–H groups in total. The number of hydrogen-bond donors (Lipinski definition) is 2. The molecular formula is C20H32N4O4. The van der Waals surface area contributed by atoms with Crippen molar-refractivity contribution in [1.29, 1.82) is 0 Å². The molecule has 156 valence electrons. The van der Waals surface area contributed by atoms with Crippen LogP contribution >= 0.6 is 0 Å². The van der Waals surface area contributed by atoms with Crippen LogP contribution in [0.1, 0.15) is 33.6 Å². The third-order valence-corrected chi connectivity index (χ3v) is 4.86. The van der Waals surface area contributed by atoms with Crippen LogP contribution in [-0.4, -0.2) is 72.7 Å². The largest absolute Gasteiger partial charge is 0.351 e. The van der Waals surface area contributed by atoms with E-state index >= 15 is 0 Å². The highest BCUT2D eigenvalue weighted by Crippen LogP contribution is 2.21. The minimum atomic E-state index is -0.482. The molecule has 1 saturated heterocycles. The molecule has 1 aliphatic rings. The number of nitrogens with one attached hydrogen (secondary N) is 2. The Bertz CT molecular complexity index is 630. The third-order valence-electron chi connectivity index (χ3n) is 4.86. The Hall–Kier alpha value is -2.64. The molecule has 0 aromatic rings. The number of carbonyl (C=O) groups excluding carboxylic acids is 4. The van der Waals surface area contributed by atoms with Crippen molar-refractivity contribution in [2.75, 3.05) is 26.7 Å². The highest BCUT2D eigenvalue weighted by Gasteiger charge is 2.34. The molecule has 0 radical (unpaired) electrons. The van der Waals surface area contributed by atoms with Crippen molar-refractivity contribution in [2.24, 2.45) is 5.92 Å². The van der Waals surface area contributed by atoms with Crippen LogP contribution in [0.3, 0.4) is 0 Å². The van der Waals surface area contributed by atoms with E-state index in [9.17, 15) is 19.2 Å². The molecule has 8 nitrogen and oxygen atoms in total. The van der Waals surface area contributed by atoms with Crippen LogP contribution in [0.4, 0.5) is 0 Å². The number of hydrogen-bond acceptors (Lipinski definition) is 4. The zero-order valence-corrected chi connectivity index (χ0v) is 17.2. The van der Waals surface area contributed by atoms with Gasteiger partial charge in [-0.2, -0.15) is 0 Å². The fourth-order valence-corrected chi connectivity index (χ4v) is 3.30. The van der Waals surface area contributed by atoms with Crippen LogP contribution in [0.5, 0.6) is 0 Å². The van der Waals surface area contributed by atoms with Crippen molar-refractivity contribution < 1.29 is 19.2 Å². The summed E-state index contributed by atoms with van der Waals surface area (Å²) in [6, 6.07) is -0.787. The highest BCUT2D eigenvalue weighted by molar-refractivity contribution is 5.97. The number of rotatable bonds is 10. The van der Waals surface area contributed by atoms with Crippen molar-refractivity contribution in [3.63, 3.8) is 0 Å². The van der Waals surface area contributed by atoms with Gasteiger partial charge in [0, 0.05) is 25.7 Å². The van der Waals surface area contributed by atoms with Gasteiger partial charge in [-0.1, -0.05) is 26.0 Å². The van der Waals surface area contributed by atoms with Crippen molar-refractivity contribution >= 4 is 24.1 Å². The maximum Gasteiger partial charge on any atom is 0.249 e. The summed E-state index contributed by atoms with van der Waals surface area (Å²) >= 11 is 0. The lowest BCUT2D eigenvalue weighted by Gasteiger charge is -2.30. The molecule has 28 heavy (non-hydrogen) atoms. The average Bonchev–Trinajstić information content (AvgIpc) is 3.16. The van der Waals surface area contributed by atoms with Gasteiger partial charge >= 0.3 is 0 Å². The standard InChI is InChI=1S/C20H32N4O4/c1-6-9-22-19(27)16-8-7-10-24(16)20(28)15(4)11-17(14(2)3)23(5)18(26)12-21-13-25/h6,11,13-14,16-17H,1,7-10,12H2,2-5H3,(H,21,25)(H,22,27)/t16-,17+/m0/s1. The van der Waals surface area contributed by atoms with Crippen molar-refractivity contribution in [1.82, 2.24) is 20.4 Å². The Morgan fingerprint density at radius 1 is 1.32 bits per heavy atom. The molecule has 0 unspecified atom stereocenters. The summed E-state index contributed by atoms with van der Waals surface area (Å²) in [4.78, 5) is 51.0. The summed E-state index contributed by atoms with van der Waals surface area (Å²) in [6.07, 6.45) is 5.25. The lowest BCUT2D eigenvalue weighted by atomic mass is 9.99. The Kier molecular flexibility index (Phi) is 9.41. The van der Waals surface area contributed by atoms with Crippen LogP contribution in [-0.2, 0) is 19.2 Å². The Morgan fingerprint density at radius 3 is 2.57 bits per heavy atom. The zero-order valence-electron chi connectivity index (χ0n) is 17.2. The fraction of sp³-hybridized carbons (Fsp3) is 0.600. The minimum Gasteiger partial charge on any atom is -0.351 e. The molecule has 0 spiro atoms. The van der Waals surface area contributed by atoms with Crippen molar-refractivity contribution in [2.45, 2.75) is 45.7 Å². The van der Waals surface area contributed by atoms with Gasteiger partial charge < -0.3 is 20.4 Å². The molecule has 4 amide bonds. The summed E-state index contributed by atoms with van der Waals surface area (Å²) in [5.74, 6) is -0.552. The van der Waals surface area contributed by atoms with Gasteiger partial charge in [0.1, 0.15) is 6.04 Å². The number of nitrogens with zero attached hydrogens (tertiary/aromatic N) is 2.